The number of thiazole rings is 1. The highest BCUT2D eigenvalue weighted by Gasteiger charge is 2.28. The van der Waals surface area contributed by atoms with Gasteiger partial charge >= 0.3 is 0 Å². The molecule has 0 atom stereocenters. The summed E-state index contributed by atoms with van der Waals surface area (Å²) in [5.41, 5.74) is 3.59. The van der Waals surface area contributed by atoms with E-state index >= 15 is 0 Å². The first-order valence-corrected chi connectivity index (χ1v) is 11.9. The Kier molecular flexibility index (Phi) is 4.56. The lowest BCUT2D eigenvalue weighted by Gasteiger charge is -2.17. The molecule has 3 heterocycles. The van der Waals surface area contributed by atoms with Crippen LogP contribution in [0.25, 0.3) is 16.2 Å². The summed E-state index contributed by atoms with van der Waals surface area (Å²) in [4.78, 5) is 18.1. The van der Waals surface area contributed by atoms with Crippen LogP contribution in [-0.4, -0.2) is 36.0 Å². The Morgan fingerprint density at radius 2 is 1.83 bits per heavy atom. The molecule has 9 heteroatoms. The van der Waals surface area contributed by atoms with E-state index in [1.54, 1.807) is 35.6 Å². The van der Waals surface area contributed by atoms with E-state index < -0.39 is 10.0 Å². The fourth-order valence-corrected chi connectivity index (χ4v) is 5.77. The lowest BCUT2D eigenvalue weighted by molar-refractivity contribution is 0.102. The number of aromatic nitrogens is 2. The smallest absolute Gasteiger partial charge is 0.255 e. The van der Waals surface area contributed by atoms with E-state index in [0.29, 0.717) is 29.9 Å². The largest absolute Gasteiger partial charge is 0.322 e. The Hall–Kier alpha value is -3.17. The Morgan fingerprint density at radius 3 is 2.50 bits per heavy atom. The summed E-state index contributed by atoms with van der Waals surface area (Å²) in [5, 5.41) is 4.86. The van der Waals surface area contributed by atoms with Crippen molar-refractivity contribution in [1.29, 1.82) is 0 Å². The van der Waals surface area contributed by atoms with Crippen LogP contribution in [0.4, 0.5) is 11.4 Å². The first kappa shape index (κ1) is 18.8. The van der Waals surface area contributed by atoms with Crippen LogP contribution in [0, 0.1) is 0 Å². The third-order valence-corrected chi connectivity index (χ3v) is 7.69. The van der Waals surface area contributed by atoms with Gasteiger partial charge in [-0.25, -0.2) is 13.4 Å². The third kappa shape index (κ3) is 3.46. The van der Waals surface area contributed by atoms with E-state index in [2.05, 4.69) is 10.3 Å². The van der Waals surface area contributed by atoms with Crippen LogP contribution < -0.4 is 9.62 Å². The van der Waals surface area contributed by atoms with Gasteiger partial charge in [-0.15, -0.1) is 11.3 Å². The van der Waals surface area contributed by atoms with Crippen LogP contribution in [0.5, 0.6) is 0 Å². The molecule has 2 aromatic carbocycles. The molecule has 1 N–H and O–H groups in total. The van der Waals surface area contributed by atoms with Gasteiger partial charge in [0.2, 0.25) is 10.0 Å². The highest BCUT2D eigenvalue weighted by Crippen LogP contribution is 2.25. The van der Waals surface area contributed by atoms with Crippen molar-refractivity contribution in [3.8, 4) is 11.3 Å². The summed E-state index contributed by atoms with van der Waals surface area (Å²) in [6.45, 7) is 0.481. The topological polar surface area (TPSA) is 83.8 Å². The van der Waals surface area contributed by atoms with Crippen LogP contribution >= 0.6 is 11.3 Å². The van der Waals surface area contributed by atoms with Crippen molar-refractivity contribution in [2.24, 2.45) is 0 Å². The minimum atomic E-state index is -3.23. The quantitative estimate of drug-likeness (QED) is 0.525. The molecule has 1 aliphatic rings. The molecule has 0 unspecified atom stereocenters. The Balaban J connectivity index is 1.28. The third-order valence-electron chi connectivity index (χ3n) is 5.05. The van der Waals surface area contributed by atoms with Crippen molar-refractivity contribution < 1.29 is 13.2 Å². The number of nitrogens with one attached hydrogen (secondary N) is 1. The highest BCUT2D eigenvalue weighted by atomic mass is 32.2. The van der Waals surface area contributed by atoms with Crippen LogP contribution in [0.2, 0.25) is 0 Å². The molecule has 5 rings (SSSR count). The van der Waals surface area contributed by atoms with Gasteiger partial charge < -0.3 is 5.32 Å². The number of imidazole rings is 1. The van der Waals surface area contributed by atoms with Crippen LogP contribution in [0.1, 0.15) is 16.8 Å². The maximum absolute atomic E-state index is 12.6. The zero-order valence-corrected chi connectivity index (χ0v) is 17.5. The summed E-state index contributed by atoms with van der Waals surface area (Å²) in [6, 6.07) is 14.1. The van der Waals surface area contributed by atoms with Gasteiger partial charge in [0.05, 0.1) is 17.1 Å². The SMILES string of the molecule is O=C(Nc1ccc(-c2cn3ccsc3n2)cc1)c1ccc(N2CCCS2(=O)=O)cc1. The van der Waals surface area contributed by atoms with Crippen molar-refractivity contribution in [2.45, 2.75) is 6.42 Å². The molecule has 7 nitrogen and oxygen atoms in total. The number of benzene rings is 2. The number of hydrogen-bond acceptors (Lipinski definition) is 5. The molecule has 0 radical (unpaired) electrons. The predicted octanol–water partition coefficient (Wildman–Crippen LogP) is 3.86. The second-order valence-electron chi connectivity index (χ2n) is 7.04. The molecular formula is C21H18N4O3S2. The van der Waals surface area contributed by atoms with Crippen molar-refractivity contribution in [3.63, 3.8) is 0 Å². The Morgan fingerprint density at radius 1 is 1.07 bits per heavy atom. The van der Waals surface area contributed by atoms with Gasteiger partial charge in [-0.1, -0.05) is 12.1 Å². The number of rotatable bonds is 4. The van der Waals surface area contributed by atoms with Gasteiger partial charge in [-0.2, -0.15) is 0 Å². The standard InChI is InChI=1S/C21H18N4O3S2/c26-20(16-4-8-18(9-5-16)25-10-1-13-30(25,27)28)22-17-6-2-15(3-7-17)19-14-24-11-12-29-21(24)23-19/h2-9,11-12,14H,1,10,13H2,(H,22,26). The number of carbonyl (C=O) groups is 1. The molecular weight excluding hydrogens is 420 g/mol. The van der Waals surface area contributed by atoms with Gasteiger partial charge in [0.1, 0.15) is 0 Å². The van der Waals surface area contributed by atoms with Crippen molar-refractivity contribution >= 4 is 43.6 Å². The van der Waals surface area contributed by atoms with E-state index in [1.807, 2.05) is 46.4 Å². The summed E-state index contributed by atoms with van der Waals surface area (Å²) in [7, 11) is -3.23. The Bertz CT molecular complexity index is 1290. The molecule has 1 aliphatic heterocycles. The van der Waals surface area contributed by atoms with E-state index in [-0.39, 0.29) is 11.7 Å². The maximum Gasteiger partial charge on any atom is 0.255 e. The second kappa shape index (κ2) is 7.26. The van der Waals surface area contributed by atoms with Gasteiger partial charge in [0.25, 0.3) is 5.91 Å². The summed E-state index contributed by atoms with van der Waals surface area (Å²) in [6.07, 6.45) is 4.56. The van der Waals surface area contributed by atoms with E-state index in [9.17, 15) is 13.2 Å². The molecule has 1 saturated heterocycles. The number of hydrogen-bond donors (Lipinski definition) is 1. The number of carbonyl (C=O) groups excluding carboxylic acids is 1. The molecule has 1 amide bonds. The lowest BCUT2D eigenvalue weighted by atomic mass is 10.1. The summed E-state index contributed by atoms with van der Waals surface area (Å²) < 4.78 is 27.4. The summed E-state index contributed by atoms with van der Waals surface area (Å²) >= 11 is 1.58. The minimum Gasteiger partial charge on any atom is -0.322 e. The lowest BCUT2D eigenvalue weighted by Crippen LogP contribution is -2.25. The monoisotopic (exact) mass is 438 g/mol. The average Bonchev–Trinajstić information content (AvgIpc) is 3.43. The van der Waals surface area contributed by atoms with E-state index in [0.717, 1.165) is 16.2 Å². The Labute approximate surface area is 177 Å². The molecule has 0 aliphatic carbocycles. The molecule has 152 valence electrons. The van der Waals surface area contributed by atoms with Gasteiger partial charge in [-0.3, -0.25) is 13.5 Å². The number of fused-ring (bicyclic) bond motifs is 1. The maximum atomic E-state index is 12.6. The number of sulfonamides is 1. The average molecular weight is 439 g/mol. The molecule has 30 heavy (non-hydrogen) atoms. The number of amides is 1. The predicted molar refractivity (Wildman–Crippen MR) is 119 cm³/mol. The zero-order valence-electron chi connectivity index (χ0n) is 15.9. The summed E-state index contributed by atoms with van der Waals surface area (Å²) in [5.74, 6) is -0.0800. The van der Waals surface area contributed by atoms with Crippen molar-refractivity contribution in [2.75, 3.05) is 21.9 Å². The minimum absolute atomic E-state index is 0.169. The number of nitrogens with zero attached hydrogens (tertiary/aromatic N) is 3. The molecule has 2 aromatic heterocycles. The van der Waals surface area contributed by atoms with Crippen LogP contribution in [-0.2, 0) is 10.0 Å². The van der Waals surface area contributed by atoms with Crippen molar-refractivity contribution in [3.05, 3.63) is 71.9 Å². The normalized spacial score (nSPS) is 15.5. The zero-order chi connectivity index (χ0) is 20.7. The van der Waals surface area contributed by atoms with Gasteiger partial charge in [0.15, 0.2) is 4.96 Å². The molecule has 4 aromatic rings. The fraction of sp³-hybridized carbons (Fsp3) is 0.143. The van der Waals surface area contributed by atoms with Crippen LogP contribution in [0.3, 0.4) is 0 Å². The first-order valence-electron chi connectivity index (χ1n) is 9.44. The highest BCUT2D eigenvalue weighted by molar-refractivity contribution is 7.93. The first-order chi connectivity index (χ1) is 14.5. The number of anilines is 2. The molecule has 0 saturated carbocycles. The van der Waals surface area contributed by atoms with Gasteiger partial charge in [0, 0.05) is 41.1 Å². The molecule has 1 fully saturated rings. The van der Waals surface area contributed by atoms with Crippen molar-refractivity contribution in [1.82, 2.24) is 9.38 Å². The fourth-order valence-electron chi connectivity index (χ4n) is 3.50. The molecule has 0 spiro atoms. The van der Waals surface area contributed by atoms with Crippen LogP contribution in [0.15, 0.2) is 66.3 Å². The van der Waals surface area contributed by atoms with E-state index in [4.69, 9.17) is 0 Å². The van der Waals surface area contributed by atoms with E-state index in [1.165, 1.54) is 4.31 Å². The molecule has 0 bridgehead atoms. The second-order valence-corrected chi connectivity index (χ2v) is 9.92. The van der Waals surface area contributed by atoms with Gasteiger partial charge in [-0.05, 0) is 42.8 Å².